The normalized spacial score (nSPS) is 13.8. The Balaban J connectivity index is 4.65. The van der Waals surface area contributed by atoms with Crippen LogP contribution in [0.15, 0.2) is 85.1 Å². The number of allylic oxidation sites excluding steroid dienone is 14. The first kappa shape index (κ1) is 66.0. The van der Waals surface area contributed by atoms with Gasteiger partial charge in [0.05, 0.1) is 25.2 Å². The van der Waals surface area contributed by atoms with E-state index in [0.717, 1.165) is 70.6 Å². The molecule has 6 nitrogen and oxygen atoms in total. The van der Waals surface area contributed by atoms with E-state index in [1.807, 2.05) is 48.6 Å². The van der Waals surface area contributed by atoms with Crippen LogP contribution in [-0.2, 0) is 14.3 Å². The van der Waals surface area contributed by atoms with Crippen LogP contribution in [0.1, 0.15) is 278 Å². The number of rotatable bonds is 52. The molecule has 0 saturated heterocycles. The molecule has 0 aliphatic rings. The maximum Gasteiger partial charge on any atom is 0.306 e. The lowest BCUT2D eigenvalue weighted by molar-refractivity contribution is -0.151. The number of hydrogen-bond acceptors (Lipinski definition) is 5. The maximum absolute atomic E-state index is 13.3. The van der Waals surface area contributed by atoms with Gasteiger partial charge in [0.1, 0.15) is 6.10 Å². The van der Waals surface area contributed by atoms with Crippen molar-refractivity contribution in [1.82, 2.24) is 5.32 Å². The van der Waals surface area contributed by atoms with Gasteiger partial charge in [-0.1, -0.05) is 279 Å². The standard InChI is InChI=1S/C63H111NO5/c1-4-7-10-13-16-19-22-25-28-31-33-36-39-42-45-48-51-54-59(69-63(68)56-53-50-47-44-41-38-35-32-29-26-23-20-17-14-11-8-5-2)57-62(67)64-60(58-65)61(66)55-52-49-46-43-40-37-34-30-27-24-21-18-15-12-9-6-3/h8,11,14,17,20,23,25-26,28-29,32,35,38,41,59-61,65-66H,4-7,9-10,12-13,15-16,18-19,21-22,24,27,30-31,33-34,36-37,39-40,42-58H2,1-3H3,(H,64,67)/b11-8-,17-14+,23-20+,28-25+,29-26-,35-32+,41-38+. The zero-order valence-electron chi connectivity index (χ0n) is 45.4. The third kappa shape index (κ3) is 51.2. The van der Waals surface area contributed by atoms with E-state index in [0.29, 0.717) is 19.3 Å². The number of nitrogens with one attached hydrogen (secondary N) is 1. The minimum Gasteiger partial charge on any atom is -0.462 e. The van der Waals surface area contributed by atoms with Gasteiger partial charge in [0.2, 0.25) is 5.91 Å². The third-order valence-electron chi connectivity index (χ3n) is 13.1. The molecule has 0 spiro atoms. The van der Waals surface area contributed by atoms with Gasteiger partial charge in [-0.2, -0.15) is 0 Å². The second kappa shape index (κ2) is 56.0. The van der Waals surface area contributed by atoms with Gasteiger partial charge in [-0.25, -0.2) is 0 Å². The van der Waals surface area contributed by atoms with Gasteiger partial charge in [0.15, 0.2) is 0 Å². The van der Waals surface area contributed by atoms with Crippen LogP contribution < -0.4 is 5.32 Å². The van der Waals surface area contributed by atoms with Gasteiger partial charge in [-0.3, -0.25) is 9.59 Å². The van der Waals surface area contributed by atoms with Crippen molar-refractivity contribution in [1.29, 1.82) is 0 Å². The van der Waals surface area contributed by atoms with E-state index in [1.54, 1.807) is 0 Å². The summed E-state index contributed by atoms with van der Waals surface area (Å²) in [6.07, 6.45) is 73.6. The molecule has 0 radical (unpaired) electrons. The molecule has 0 aliphatic heterocycles. The Kier molecular flexibility index (Phi) is 53.6. The van der Waals surface area contributed by atoms with Crippen LogP contribution in [-0.4, -0.2) is 46.9 Å². The van der Waals surface area contributed by atoms with Crippen LogP contribution in [0.5, 0.6) is 0 Å². The summed E-state index contributed by atoms with van der Waals surface area (Å²) in [5.74, 6) is -0.525. The molecule has 6 heteroatoms. The number of carbonyl (C=O) groups excluding carboxylic acids is 2. The molecule has 0 rings (SSSR count). The second-order valence-corrected chi connectivity index (χ2v) is 19.8. The highest BCUT2D eigenvalue weighted by Gasteiger charge is 2.24. The molecular formula is C63H111NO5. The number of esters is 1. The average molecular weight is 963 g/mol. The first-order valence-corrected chi connectivity index (χ1v) is 29.4. The predicted molar refractivity (Wildman–Crippen MR) is 301 cm³/mol. The molecule has 0 aromatic rings. The summed E-state index contributed by atoms with van der Waals surface area (Å²) in [5.41, 5.74) is 0. The van der Waals surface area contributed by atoms with E-state index < -0.39 is 18.2 Å². The highest BCUT2D eigenvalue weighted by atomic mass is 16.5. The smallest absolute Gasteiger partial charge is 0.306 e. The Morgan fingerprint density at radius 3 is 1.23 bits per heavy atom. The molecule has 0 bridgehead atoms. The van der Waals surface area contributed by atoms with Gasteiger partial charge in [0.25, 0.3) is 0 Å². The zero-order chi connectivity index (χ0) is 50.2. The molecule has 0 aromatic heterocycles. The van der Waals surface area contributed by atoms with Crippen molar-refractivity contribution in [2.45, 2.75) is 296 Å². The number of ether oxygens (including phenoxy) is 1. The monoisotopic (exact) mass is 962 g/mol. The van der Waals surface area contributed by atoms with E-state index in [9.17, 15) is 19.8 Å². The fraction of sp³-hybridized carbons (Fsp3) is 0.746. The van der Waals surface area contributed by atoms with Crippen molar-refractivity contribution in [3.8, 4) is 0 Å². The molecule has 1 amide bonds. The maximum atomic E-state index is 13.3. The summed E-state index contributed by atoms with van der Waals surface area (Å²) >= 11 is 0. The number of unbranched alkanes of at least 4 members (excludes halogenated alkanes) is 31. The van der Waals surface area contributed by atoms with Crippen LogP contribution in [0, 0.1) is 0 Å². The molecule has 3 unspecified atom stereocenters. The van der Waals surface area contributed by atoms with E-state index in [-0.39, 0.29) is 24.9 Å². The summed E-state index contributed by atoms with van der Waals surface area (Å²) < 4.78 is 5.95. The van der Waals surface area contributed by atoms with Crippen molar-refractivity contribution < 1.29 is 24.5 Å². The fourth-order valence-electron chi connectivity index (χ4n) is 8.69. The van der Waals surface area contributed by atoms with Crippen molar-refractivity contribution >= 4 is 11.9 Å². The van der Waals surface area contributed by atoms with Crippen LogP contribution in [0.4, 0.5) is 0 Å². The van der Waals surface area contributed by atoms with Gasteiger partial charge in [-0.15, -0.1) is 0 Å². The number of aliphatic hydroxyl groups excluding tert-OH is 2. The Morgan fingerprint density at radius 1 is 0.435 bits per heavy atom. The van der Waals surface area contributed by atoms with Crippen molar-refractivity contribution in [3.05, 3.63) is 85.1 Å². The number of hydrogen-bond donors (Lipinski definition) is 3. The largest absolute Gasteiger partial charge is 0.462 e. The molecule has 69 heavy (non-hydrogen) atoms. The van der Waals surface area contributed by atoms with Crippen molar-refractivity contribution in [2.75, 3.05) is 6.61 Å². The van der Waals surface area contributed by atoms with Crippen molar-refractivity contribution in [3.63, 3.8) is 0 Å². The third-order valence-corrected chi connectivity index (χ3v) is 13.1. The van der Waals surface area contributed by atoms with E-state index in [1.165, 1.54) is 161 Å². The van der Waals surface area contributed by atoms with Crippen LogP contribution in [0.25, 0.3) is 0 Å². The molecule has 0 aliphatic carbocycles. The molecule has 398 valence electrons. The van der Waals surface area contributed by atoms with E-state index >= 15 is 0 Å². The quantitative estimate of drug-likeness (QED) is 0.0244. The minimum atomic E-state index is -0.802. The van der Waals surface area contributed by atoms with Gasteiger partial charge in [-0.05, 0) is 70.6 Å². The summed E-state index contributed by atoms with van der Waals surface area (Å²) in [6, 6.07) is -0.718. The Labute approximate surface area is 427 Å². The fourth-order valence-corrected chi connectivity index (χ4v) is 8.69. The lowest BCUT2D eigenvalue weighted by atomic mass is 10.0. The lowest BCUT2D eigenvalue weighted by Crippen LogP contribution is -2.46. The van der Waals surface area contributed by atoms with E-state index in [4.69, 9.17) is 4.74 Å². The number of amides is 1. The molecule has 0 aromatic carbocycles. The van der Waals surface area contributed by atoms with Crippen molar-refractivity contribution in [2.24, 2.45) is 0 Å². The lowest BCUT2D eigenvalue weighted by Gasteiger charge is -2.24. The first-order chi connectivity index (χ1) is 34.0. The van der Waals surface area contributed by atoms with Gasteiger partial charge < -0.3 is 20.3 Å². The Hall–Kier alpha value is -2.96. The highest BCUT2D eigenvalue weighted by Crippen LogP contribution is 2.18. The summed E-state index contributed by atoms with van der Waals surface area (Å²) in [5, 5.41) is 23.9. The average Bonchev–Trinajstić information content (AvgIpc) is 3.34. The van der Waals surface area contributed by atoms with E-state index in [2.05, 4.69) is 62.5 Å². The molecule has 3 N–H and O–H groups in total. The molecular weight excluding hydrogens is 851 g/mol. The molecule has 0 fully saturated rings. The summed E-state index contributed by atoms with van der Waals surface area (Å²) in [7, 11) is 0. The minimum absolute atomic E-state index is 0.0534. The molecule has 0 heterocycles. The summed E-state index contributed by atoms with van der Waals surface area (Å²) in [6.45, 7) is 6.35. The number of carbonyl (C=O) groups is 2. The Bertz CT molecular complexity index is 1310. The predicted octanol–water partition coefficient (Wildman–Crippen LogP) is 18.3. The summed E-state index contributed by atoms with van der Waals surface area (Å²) in [4.78, 5) is 26.3. The Morgan fingerprint density at radius 2 is 0.797 bits per heavy atom. The molecule has 3 atom stereocenters. The second-order valence-electron chi connectivity index (χ2n) is 19.8. The van der Waals surface area contributed by atoms with Gasteiger partial charge >= 0.3 is 5.97 Å². The first-order valence-electron chi connectivity index (χ1n) is 29.4. The molecule has 0 saturated carbocycles. The zero-order valence-corrected chi connectivity index (χ0v) is 45.4. The van der Waals surface area contributed by atoms with Crippen LogP contribution >= 0.6 is 0 Å². The van der Waals surface area contributed by atoms with Crippen LogP contribution in [0.3, 0.4) is 0 Å². The highest BCUT2D eigenvalue weighted by molar-refractivity contribution is 5.77. The SMILES string of the molecule is CC\C=C/C=C/C=C/C=C\C=C\C=C\CCCCCC(=O)OC(CCCCCCCCC/C=C/CCCCCCCC)CC(=O)NC(CO)C(O)CCCCCCCCCCCCCCCCCC. The topological polar surface area (TPSA) is 95.9 Å². The van der Waals surface area contributed by atoms with Gasteiger partial charge in [0, 0.05) is 6.42 Å². The number of aliphatic hydroxyl groups is 2. The van der Waals surface area contributed by atoms with Crippen LogP contribution in [0.2, 0.25) is 0 Å².